The minimum Gasteiger partial charge on any atom is -0.480 e. The molecule has 2 amide bonds. The maximum absolute atomic E-state index is 12.7. The van der Waals surface area contributed by atoms with Gasteiger partial charge >= 0.3 is 29.4 Å². The van der Waals surface area contributed by atoms with Crippen LogP contribution in [0.1, 0.15) is 26.5 Å². The van der Waals surface area contributed by atoms with Gasteiger partial charge in [-0.15, -0.1) is 0 Å². The molecule has 0 saturated carbocycles. The van der Waals surface area contributed by atoms with E-state index in [1.165, 1.54) is 35.4 Å². The summed E-state index contributed by atoms with van der Waals surface area (Å²) >= 11 is 0.881. The molecule has 0 spiro atoms. The summed E-state index contributed by atoms with van der Waals surface area (Å²) in [4.78, 5) is 98.6. The Labute approximate surface area is 358 Å². The number of nitrogen functional groups attached to an aromatic ring is 1. The average Bonchev–Trinajstić information content (AvgIpc) is 3.72. The van der Waals surface area contributed by atoms with Crippen molar-refractivity contribution in [2.24, 2.45) is 16.9 Å². The van der Waals surface area contributed by atoms with Gasteiger partial charge in [-0.25, -0.2) is 28.6 Å². The third-order valence-electron chi connectivity index (χ3n) is 7.94. The molecule has 346 valence electrons. The van der Waals surface area contributed by atoms with Crippen molar-refractivity contribution in [3.05, 3.63) is 12.7 Å². The van der Waals surface area contributed by atoms with Crippen molar-refractivity contribution in [2.75, 3.05) is 49.3 Å². The average molecular weight is 990 g/mol. The van der Waals surface area contributed by atoms with Gasteiger partial charge in [0.15, 0.2) is 17.7 Å². The quantitative estimate of drug-likeness (QED) is 0.0270. The molecule has 0 bridgehead atoms. The van der Waals surface area contributed by atoms with Crippen molar-refractivity contribution in [1.29, 1.82) is 0 Å². The van der Waals surface area contributed by atoms with Gasteiger partial charge in [0.25, 0.3) is 0 Å². The number of fused-ring (bicyclic) bond motifs is 1. The molecule has 1 aliphatic heterocycles. The van der Waals surface area contributed by atoms with E-state index in [9.17, 15) is 62.7 Å². The predicted molar refractivity (Wildman–Crippen MR) is 216 cm³/mol. The van der Waals surface area contributed by atoms with E-state index in [1.807, 2.05) is 0 Å². The molecule has 34 heteroatoms. The summed E-state index contributed by atoms with van der Waals surface area (Å²) in [6, 6.07) is -1.88. The number of aliphatic hydroxyl groups is 2. The van der Waals surface area contributed by atoms with E-state index in [2.05, 4.69) is 34.4 Å². The number of hydrogen-bond acceptors (Lipinski definition) is 23. The van der Waals surface area contributed by atoms with Crippen LogP contribution in [0.4, 0.5) is 5.82 Å². The second-order valence-electron chi connectivity index (χ2n) is 13.4. The number of hydrogen-bond donors (Lipinski definition) is 12. The van der Waals surface area contributed by atoms with Crippen molar-refractivity contribution < 1.29 is 90.4 Å². The van der Waals surface area contributed by atoms with Crippen LogP contribution < -0.4 is 27.8 Å². The van der Waals surface area contributed by atoms with Gasteiger partial charge < -0.3 is 67.5 Å². The minimum atomic E-state index is -5.60. The van der Waals surface area contributed by atoms with Gasteiger partial charge in [0.2, 0.25) is 16.9 Å². The topological polar surface area (TPSA) is 453 Å². The van der Waals surface area contributed by atoms with Crippen molar-refractivity contribution in [2.45, 2.75) is 63.0 Å². The molecule has 0 aliphatic carbocycles. The number of carboxylic acids is 1. The lowest BCUT2D eigenvalue weighted by Gasteiger charge is -2.30. The van der Waals surface area contributed by atoms with Crippen LogP contribution in [0, 0.1) is 5.41 Å². The highest BCUT2D eigenvalue weighted by atomic mass is 33.1. The number of carbonyl (C=O) groups is 4. The fourth-order valence-electron chi connectivity index (χ4n) is 4.77. The molecule has 0 aromatic carbocycles. The Kier molecular flexibility index (Phi) is 20.0. The van der Waals surface area contributed by atoms with Crippen LogP contribution >= 0.6 is 56.8 Å². The van der Waals surface area contributed by atoms with E-state index < -0.39 is 103 Å². The first-order chi connectivity index (χ1) is 28.2. The maximum atomic E-state index is 12.7. The number of nitrogens with two attached hydrogens (primary N) is 3. The van der Waals surface area contributed by atoms with E-state index in [0.717, 1.165) is 29.0 Å². The van der Waals surface area contributed by atoms with E-state index in [-0.39, 0.29) is 58.9 Å². The van der Waals surface area contributed by atoms with Crippen LogP contribution in [0.3, 0.4) is 0 Å². The van der Waals surface area contributed by atoms with Crippen molar-refractivity contribution in [3.63, 3.8) is 0 Å². The van der Waals surface area contributed by atoms with Crippen molar-refractivity contribution >= 4 is 96.7 Å². The molecule has 9 atom stereocenters. The number of imidazole rings is 1. The standard InChI is InChI=1S/C27H46N9O19P3S3/c1-27(2,20(39)23(40)32-4-3-16(37)31-5-6-59-26(43)14(29)9-61-60-8-13(28)25(41)42)10-52-58(49,50)55-57(47,48)51-7-15-19(54-56(44,45)46)18(38)24(53-15)36-12-35-17-21(30)33-11-34-22(17)36/h11-15,18-20,24,38-39H,3-10,28-29H2,1-2H3,(H,31,37)(H,32,40)(H,41,42)(H,47,48)(H,49,50)(H2,30,33,34)(H2,44,45,46)/t13-,14-,15?,18?,19?,20?,24?/m0/s1. The summed E-state index contributed by atoms with van der Waals surface area (Å²) in [7, 11) is -14.1. The second-order valence-corrected chi connectivity index (χ2v) is 21.2. The van der Waals surface area contributed by atoms with Gasteiger partial charge in [-0.2, -0.15) is 4.31 Å². The number of carbonyl (C=O) groups excluding carboxylic acids is 3. The summed E-state index contributed by atoms with van der Waals surface area (Å²) in [5.41, 5.74) is 15.4. The lowest BCUT2D eigenvalue weighted by molar-refractivity contribution is -0.138. The number of amides is 2. The van der Waals surface area contributed by atoms with Gasteiger partial charge in [-0.3, -0.25) is 37.3 Å². The SMILES string of the molecule is CC(C)(COP(=O)(O)OP(=O)(O)OCC1OC(n2cnc3c(N)ncnc32)C(O)C1OP(=O)(O)O)C(O)C(=O)NCCC(=O)NCCSC(=O)[C@@H](N)CSSC[C@H](N)C(=O)O. The second kappa shape index (κ2) is 23.0. The summed E-state index contributed by atoms with van der Waals surface area (Å²) in [5, 5.41) is 34.7. The highest BCUT2D eigenvalue weighted by molar-refractivity contribution is 8.76. The highest BCUT2D eigenvalue weighted by Gasteiger charge is 2.50. The van der Waals surface area contributed by atoms with Crippen LogP contribution in [0.5, 0.6) is 0 Å². The molecule has 2 aromatic rings. The number of thioether (sulfide) groups is 1. The Morgan fingerprint density at radius 3 is 2.26 bits per heavy atom. The first kappa shape index (κ1) is 53.0. The lowest BCUT2D eigenvalue weighted by Crippen LogP contribution is -2.46. The molecule has 2 aromatic heterocycles. The fourth-order valence-corrected chi connectivity index (χ4v) is 10.6. The summed E-state index contributed by atoms with van der Waals surface area (Å²) in [6.07, 6.45) is -7.13. The molecule has 1 aliphatic rings. The zero-order valence-corrected chi connectivity index (χ0v) is 37.1. The van der Waals surface area contributed by atoms with E-state index >= 15 is 0 Å². The number of nitrogens with one attached hydrogen (secondary N) is 2. The van der Waals surface area contributed by atoms with Crippen LogP contribution in [0.2, 0.25) is 0 Å². The Balaban J connectivity index is 1.42. The molecular formula is C27H46N9O19P3S3. The zero-order chi connectivity index (χ0) is 45.9. The van der Waals surface area contributed by atoms with E-state index in [0.29, 0.717) is 0 Å². The Bertz CT molecular complexity index is 2000. The molecule has 28 nitrogen and oxygen atoms in total. The maximum Gasteiger partial charge on any atom is 0.481 e. The summed E-state index contributed by atoms with van der Waals surface area (Å²) < 4.78 is 62.1. The number of nitrogens with zero attached hydrogens (tertiary/aromatic N) is 4. The Morgan fingerprint density at radius 2 is 1.62 bits per heavy atom. The number of ether oxygens (including phenoxy) is 1. The monoisotopic (exact) mass is 989 g/mol. The zero-order valence-electron chi connectivity index (χ0n) is 32.0. The summed E-state index contributed by atoms with van der Waals surface area (Å²) in [6.45, 7) is 0.193. The van der Waals surface area contributed by atoms with Crippen molar-refractivity contribution in [3.8, 4) is 0 Å². The molecule has 7 unspecified atom stereocenters. The van der Waals surface area contributed by atoms with E-state index in [1.54, 1.807) is 0 Å². The highest BCUT2D eigenvalue weighted by Crippen LogP contribution is 2.61. The van der Waals surface area contributed by atoms with Gasteiger partial charge in [-0.1, -0.05) is 47.2 Å². The molecule has 1 fully saturated rings. The first-order valence-corrected chi connectivity index (χ1v) is 25.3. The number of phosphoric ester groups is 3. The summed E-state index contributed by atoms with van der Waals surface area (Å²) in [5.74, 6) is -2.21. The van der Waals surface area contributed by atoms with Crippen LogP contribution in [0.25, 0.3) is 11.2 Å². The largest absolute Gasteiger partial charge is 0.481 e. The molecule has 15 N–H and O–H groups in total. The van der Waals surface area contributed by atoms with Crippen molar-refractivity contribution in [1.82, 2.24) is 30.2 Å². The number of aromatic nitrogens is 4. The van der Waals surface area contributed by atoms with Crippen LogP contribution in [-0.2, 0) is 55.5 Å². The molecule has 3 heterocycles. The van der Waals surface area contributed by atoms with Crippen LogP contribution in [0.15, 0.2) is 12.7 Å². The first-order valence-electron chi connectivity index (χ1n) is 17.3. The number of carboxylic acid groups (broad SMARTS) is 1. The third kappa shape index (κ3) is 16.9. The third-order valence-corrected chi connectivity index (χ3v) is 14.5. The van der Waals surface area contributed by atoms with Gasteiger partial charge in [0, 0.05) is 42.2 Å². The molecule has 3 rings (SSSR count). The number of rotatable bonds is 26. The molecule has 0 radical (unpaired) electrons. The number of phosphoric acid groups is 3. The molecule has 61 heavy (non-hydrogen) atoms. The van der Waals surface area contributed by atoms with E-state index in [4.69, 9.17) is 36.1 Å². The van der Waals surface area contributed by atoms with Gasteiger partial charge in [0.1, 0.15) is 42.3 Å². The minimum absolute atomic E-state index is 0.0171. The Morgan fingerprint density at radius 1 is 0.984 bits per heavy atom. The normalized spacial score (nSPS) is 21.9. The smallest absolute Gasteiger partial charge is 0.480 e. The number of anilines is 1. The predicted octanol–water partition coefficient (Wildman–Crippen LogP) is -2.21. The molecular weight excluding hydrogens is 943 g/mol. The number of aliphatic hydroxyl groups excluding tert-OH is 2. The van der Waals surface area contributed by atoms with Crippen LogP contribution in [-0.4, -0.2) is 157 Å². The van der Waals surface area contributed by atoms with Gasteiger partial charge in [0.05, 0.1) is 25.6 Å². The van der Waals surface area contributed by atoms with Gasteiger partial charge in [-0.05, 0) is 0 Å². The number of aliphatic carboxylic acids is 1. The molecule has 1 saturated heterocycles. The Hall–Kier alpha value is -2.35. The lowest BCUT2D eigenvalue weighted by atomic mass is 9.87. The fraction of sp³-hybridized carbons (Fsp3) is 0.667.